The molecule has 21 heavy (non-hydrogen) atoms. The van der Waals surface area contributed by atoms with E-state index in [0.717, 1.165) is 25.3 Å². The topological polar surface area (TPSA) is 49.8 Å². The summed E-state index contributed by atoms with van der Waals surface area (Å²) in [6.07, 6.45) is -1.41. The van der Waals surface area contributed by atoms with Crippen LogP contribution in [0.15, 0.2) is 6.07 Å². The standard InChI is InChI=1S/C14H23F3N4/c1-4-18-13-20-11(14(15,16)17)9-12(21-13)19-8-6-5-7-10(2)3/h9-10H,4-8H2,1-3H3,(H2,18,19,20,21). The van der Waals surface area contributed by atoms with Gasteiger partial charge in [0.2, 0.25) is 5.95 Å². The molecule has 0 atom stereocenters. The lowest BCUT2D eigenvalue weighted by Crippen LogP contribution is -2.14. The molecule has 0 aliphatic carbocycles. The van der Waals surface area contributed by atoms with Gasteiger partial charge in [0.15, 0.2) is 5.69 Å². The second-order valence-corrected chi connectivity index (χ2v) is 5.31. The van der Waals surface area contributed by atoms with Crippen LogP contribution in [0.2, 0.25) is 0 Å². The van der Waals surface area contributed by atoms with Gasteiger partial charge in [-0.2, -0.15) is 18.2 Å². The summed E-state index contributed by atoms with van der Waals surface area (Å²) in [4.78, 5) is 7.51. The molecule has 0 radical (unpaired) electrons. The van der Waals surface area contributed by atoms with Gasteiger partial charge in [-0.3, -0.25) is 0 Å². The third-order valence-electron chi connectivity index (χ3n) is 2.87. The molecule has 0 unspecified atom stereocenters. The van der Waals surface area contributed by atoms with E-state index in [1.165, 1.54) is 0 Å². The fraction of sp³-hybridized carbons (Fsp3) is 0.714. The summed E-state index contributed by atoms with van der Waals surface area (Å²) >= 11 is 0. The normalized spacial score (nSPS) is 11.8. The summed E-state index contributed by atoms with van der Waals surface area (Å²) in [7, 11) is 0. The number of aromatic nitrogens is 2. The zero-order valence-corrected chi connectivity index (χ0v) is 12.7. The van der Waals surface area contributed by atoms with Crippen molar-refractivity contribution in [1.82, 2.24) is 9.97 Å². The Labute approximate surface area is 123 Å². The van der Waals surface area contributed by atoms with Crippen molar-refractivity contribution in [3.8, 4) is 0 Å². The van der Waals surface area contributed by atoms with E-state index in [1.54, 1.807) is 6.92 Å². The number of unbranched alkanes of at least 4 members (excludes halogenated alkanes) is 1. The first kappa shape index (κ1) is 17.5. The Kier molecular flexibility index (Phi) is 6.71. The highest BCUT2D eigenvalue weighted by atomic mass is 19.4. The number of nitrogens with one attached hydrogen (secondary N) is 2. The van der Waals surface area contributed by atoms with Crippen LogP contribution < -0.4 is 10.6 Å². The van der Waals surface area contributed by atoms with Gasteiger partial charge in [-0.1, -0.05) is 26.7 Å². The Hall–Kier alpha value is -1.53. The number of rotatable bonds is 8. The van der Waals surface area contributed by atoms with E-state index in [-0.39, 0.29) is 11.8 Å². The molecular weight excluding hydrogens is 281 g/mol. The first-order valence-corrected chi connectivity index (χ1v) is 7.27. The molecule has 0 amide bonds. The quantitative estimate of drug-likeness (QED) is 0.708. The fourth-order valence-corrected chi connectivity index (χ4v) is 1.81. The van der Waals surface area contributed by atoms with Crippen molar-refractivity contribution in [1.29, 1.82) is 0 Å². The number of hydrogen-bond acceptors (Lipinski definition) is 4. The monoisotopic (exact) mass is 304 g/mol. The Morgan fingerprint density at radius 3 is 2.43 bits per heavy atom. The molecule has 1 aromatic heterocycles. The molecule has 1 rings (SSSR count). The van der Waals surface area contributed by atoms with Crippen LogP contribution >= 0.6 is 0 Å². The summed E-state index contributed by atoms with van der Waals surface area (Å²) in [5, 5.41) is 5.65. The number of nitrogens with zero attached hydrogens (tertiary/aromatic N) is 2. The zero-order valence-electron chi connectivity index (χ0n) is 12.7. The van der Waals surface area contributed by atoms with Gasteiger partial charge >= 0.3 is 6.18 Å². The number of halogens is 3. The van der Waals surface area contributed by atoms with Crippen LogP contribution in [0.3, 0.4) is 0 Å². The molecule has 4 nitrogen and oxygen atoms in total. The van der Waals surface area contributed by atoms with E-state index in [9.17, 15) is 13.2 Å². The molecule has 0 aliphatic rings. The summed E-state index contributed by atoms with van der Waals surface area (Å²) in [6, 6.07) is 0.948. The summed E-state index contributed by atoms with van der Waals surface area (Å²) < 4.78 is 38.3. The summed E-state index contributed by atoms with van der Waals surface area (Å²) in [6.45, 7) is 7.15. The number of alkyl halides is 3. The highest BCUT2D eigenvalue weighted by Crippen LogP contribution is 2.29. The Balaban J connectivity index is 2.65. The van der Waals surface area contributed by atoms with Gasteiger partial charge in [-0.25, -0.2) is 4.98 Å². The van der Waals surface area contributed by atoms with Gasteiger partial charge in [0.05, 0.1) is 0 Å². The van der Waals surface area contributed by atoms with Crippen molar-refractivity contribution in [3.05, 3.63) is 11.8 Å². The highest BCUT2D eigenvalue weighted by molar-refractivity contribution is 5.43. The number of hydrogen-bond donors (Lipinski definition) is 2. The van der Waals surface area contributed by atoms with E-state index in [4.69, 9.17) is 0 Å². The molecule has 120 valence electrons. The van der Waals surface area contributed by atoms with Crippen molar-refractivity contribution in [3.63, 3.8) is 0 Å². The van der Waals surface area contributed by atoms with Gasteiger partial charge in [-0.15, -0.1) is 0 Å². The van der Waals surface area contributed by atoms with E-state index >= 15 is 0 Å². The lowest BCUT2D eigenvalue weighted by Gasteiger charge is -2.12. The molecule has 7 heteroatoms. The lowest BCUT2D eigenvalue weighted by molar-refractivity contribution is -0.141. The predicted octanol–water partition coefficient (Wildman–Crippen LogP) is 4.17. The van der Waals surface area contributed by atoms with E-state index in [0.29, 0.717) is 19.0 Å². The molecule has 0 aromatic carbocycles. The van der Waals surface area contributed by atoms with Crippen LogP contribution in [0.5, 0.6) is 0 Å². The Bertz CT molecular complexity index is 433. The van der Waals surface area contributed by atoms with Crippen LogP contribution in [0, 0.1) is 5.92 Å². The maximum Gasteiger partial charge on any atom is 0.433 e. The minimum Gasteiger partial charge on any atom is -0.370 e. The van der Waals surface area contributed by atoms with E-state index in [2.05, 4.69) is 34.4 Å². The van der Waals surface area contributed by atoms with Gasteiger partial charge in [0, 0.05) is 19.2 Å². The maximum atomic E-state index is 12.8. The summed E-state index contributed by atoms with van der Waals surface area (Å²) in [5.41, 5.74) is -0.932. The second kappa shape index (κ2) is 8.05. The fourth-order valence-electron chi connectivity index (χ4n) is 1.81. The molecule has 0 spiro atoms. The van der Waals surface area contributed by atoms with Crippen molar-refractivity contribution in [2.24, 2.45) is 5.92 Å². The molecule has 2 N–H and O–H groups in total. The van der Waals surface area contributed by atoms with E-state index in [1.807, 2.05) is 0 Å². The van der Waals surface area contributed by atoms with Gasteiger partial charge in [0.1, 0.15) is 5.82 Å². The van der Waals surface area contributed by atoms with Crippen molar-refractivity contribution in [2.75, 3.05) is 23.7 Å². The van der Waals surface area contributed by atoms with Gasteiger partial charge in [0.25, 0.3) is 0 Å². The second-order valence-electron chi connectivity index (χ2n) is 5.31. The molecule has 0 fully saturated rings. The molecule has 0 saturated carbocycles. The average molecular weight is 304 g/mol. The minimum atomic E-state index is -4.47. The van der Waals surface area contributed by atoms with E-state index < -0.39 is 11.9 Å². The lowest BCUT2D eigenvalue weighted by atomic mass is 10.1. The first-order chi connectivity index (χ1) is 9.82. The Morgan fingerprint density at radius 1 is 1.14 bits per heavy atom. The summed E-state index contributed by atoms with van der Waals surface area (Å²) in [5.74, 6) is 0.844. The smallest absolute Gasteiger partial charge is 0.370 e. The predicted molar refractivity (Wildman–Crippen MR) is 78.4 cm³/mol. The third kappa shape index (κ3) is 6.64. The van der Waals surface area contributed by atoms with Crippen LogP contribution in [0.1, 0.15) is 45.7 Å². The van der Waals surface area contributed by atoms with Crippen molar-refractivity contribution >= 4 is 11.8 Å². The highest BCUT2D eigenvalue weighted by Gasteiger charge is 2.33. The molecule has 0 aliphatic heterocycles. The van der Waals surface area contributed by atoms with Crippen LogP contribution in [-0.2, 0) is 6.18 Å². The van der Waals surface area contributed by atoms with Crippen molar-refractivity contribution < 1.29 is 13.2 Å². The average Bonchev–Trinajstić information content (AvgIpc) is 2.37. The third-order valence-corrected chi connectivity index (χ3v) is 2.87. The molecular formula is C14H23F3N4. The molecule has 0 bridgehead atoms. The molecule has 1 heterocycles. The molecule has 1 aromatic rings. The van der Waals surface area contributed by atoms with Gasteiger partial charge in [-0.05, 0) is 19.3 Å². The maximum absolute atomic E-state index is 12.8. The van der Waals surface area contributed by atoms with Crippen LogP contribution in [0.4, 0.5) is 24.9 Å². The SMILES string of the molecule is CCNc1nc(NCCCCC(C)C)cc(C(F)(F)F)n1. The minimum absolute atomic E-state index is 0.00277. The molecule has 0 saturated heterocycles. The van der Waals surface area contributed by atoms with Crippen LogP contribution in [0.25, 0.3) is 0 Å². The zero-order chi connectivity index (χ0) is 15.9. The van der Waals surface area contributed by atoms with Crippen LogP contribution in [-0.4, -0.2) is 23.1 Å². The largest absolute Gasteiger partial charge is 0.433 e. The van der Waals surface area contributed by atoms with Crippen molar-refractivity contribution in [2.45, 2.75) is 46.2 Å². The van der Waals surface area contributed by atoms with Gasteiger partial charge < -0.3 is 10.6 Å². The Morgan fingerprint density at radius 2 is 1.86 bits per heavy atom. The first-order valence-electron chi connectivity index (χ1n) is 7.27. The number of anilines is 2.